The Kier molecular flexibility index (Phi) is 4.46. The first-order chi connectivity index (χ1) is 13.2. The number of anilines is 2. The lowest BCUT2D eigenvalue weighted by atomic mass is 10.1. The van der Waals surface area contributed by atoms with Gasteiger partial charge in [0.2, 0.25) is 5.91 Å². The van der Waals surface area contributed by atoms with Crippen molar-refractivity contribution in [3.05, 3.63) is 66.4 Å². The summed E-state index contributed by atoms with van der Waals surface area (Å²) in [5, 5.41) is 3.89. The van der Waals surface area contributed by atoms with E-state index in [0.29, 0.717) is 18.5 Å². The minimum Gasteiger partial charge on any atom is -0.465 e. The van der Waals surface area contributed by atoms with E-state index in [2.05, 4.69) is 10.3 Å². The number of aromatic nitrogens is 1. The number of esters is 1. The molecule has 2 aromatic carbocycles. The molecule has 0 radical (unpaired) electrons. The van der Waals surface area contributed by atoms with Gasteiger partial charge in [-0.25, -0.2) is 4.79 Å². The Bertz CT molecular complexity index is 1000. The predicted octanol–water partition coefficient (Wildman–Crippen LogP) is 3.05. The van der Waals surface area contributed by atoms with Gasteiger partial charge in [-0.1, -0.05) is 18.2 Å². The number of hydrogen-bond acceptors (Lipinski definition) is 5. The Balaban J connectivity index is 1.78. The number of nitrogens with one attached hydrogen (secondary N) is 1. The van der Waals surface area contributed by atoms with Crippen molar-refractivity contribution in [2.24, 2.45) is 0 Å². The van der Waals surface area contributed by atoms with Crippen LogP contribution in [-0.2, 0) is 9.53 Å². The molecule has 1 amide bonds. The number of carbonyl (C=O) groups is 2. The maximum Gasteiger partial charge on any atom is 0.337 e. The SMILES string of the molecule is COC(=O)c1ccc(N(c2cnc3ccccc3c2)C2CCNC2=O)cc1. The molecular formula is C21H19N3O3. The lowest BCUT2D eigenvalue weighted by Crippen LogP contribution is -2.37. The summed E-state index contributed by atoms with van der Waals surface area (Å²) in [5.74, 6) is -0.403. The van der Waals surface area contributed by atoms with E-state index in [-0.39, 0.29) is 17.9 Å². The minimum absolute atomic E-state index is 0.0137. The van der Waals surface area contributed by atoms with Crippen molar-refractivity contribution in [3.63, 3.8) is 0 Å². The van der Waals surface area contributed by atoms with E-state index in [1.54, 1.807) is 18.3 Å². The Morgan fingerprint density at radius 1 is 1.15 bits per heavy atom. The van der Waals surface area contributed by atoms with Gasteiger partial charge in [0.25, 0.3) is 0 Å². The van der Waals surface area contributed by atoms with E-state index >= 15 is 0 Å². The van der Waals surface area contributed by atoms with E-state index in [0.717, 1.165) is 22.3 Å². The van der Waals surface area contributed by atoms with Crippen LogP contribution in [0, 0.1) is 0 Å². The van der Waals surface area contributed by atoms with Gasteiger partial charge in [0, 0.05) is 17.6 Å². The third kappa shape index (κ3) is 3.21. The van der Waals surface area contributed by atoms with Crippen LogP contribution < -0.4 is 10.2 Å². The molecule has 1 N–H and O–H groups in total. The van der Waals surface area contributed by atoms with Crippen LogP contribution in [0.4, 0.5) is 11.4 Å². The first kappa shape index (κ1) is 17.0. The van der Waals surface area contributed by atoms with E-state index in [1.807, 2.05) is 47.4 Å². The molecule has 1 aliphatic heterocycles. The van der Waals surface area contributed by atoms with Gasteiger partial charge >= 0.3 is 5.97 Å². The van der Waals surface area contributed by atoms with Crippen molar-refractivity contribution in [2.45, 2.75) is 12.5 Å². The number of ether oxygens (including phenoxy) is 1. The van der Waals surface area contributed by atoms with Crippen molar-refractivity contribution in [3.8, 4) is 0 Å². The average Bonchev–Trinajstić information content (AvgIpc) is 3.13. The van der Waals surface area contributed by atoms with Gasteiger partial charge in [-0.3, -0.25) is 9.78 Å². The van der Waals surface area contributed by atoms with Crippen molar-refractivity contribution in [2.75, 3.05) is 18.6 Å². The highest BCUT2D eigenvalue weighted by molar-refractivity contribution is 5.93. The molecule has 0 saturated carbocycles. The predicted molar refractivity (Wildman–Crippen MR) is 103 cm³/mol. The number of fused-ring (bicyclic) bond motifs is 1. The van der Waals surface area contributed by atoms with E-state index in [9.17, 15) is 9.59 Å². The zero-order valence-corrected chi connectivity index (χ0v) is 14.9. The summed E-state index contributed by atoms with van der Waals surface area (Å²) in [7, 11) is 1.35. The topological polar surface area (TPSA) is 71.5 Å². The third-order valence-corrected chi connectivity index (χ3v) is 4.75. The molecule has 27 heavy (non-hydrogen) atoms. The number of pyridine rings is 1. The first-order valence-electron chi connectivity index (χ1n) is 8.77. The van der Waals surface area contributed by atoms with Crippen molar-refractivity contribution in [1.82, 2.24) is 10.3 Å². The smallest absolute Gasteiger partial charge is 0.337 e. The monoisotopic (exact) mass is 361 g/mol. The van der Waals surface area contributed by atoms with Crippen molar-refractivity contribution >= 4 is 34.2 Å². The number of carbonyl (C=O) groups excluding carboxylic acids is 2. The highest BCUT2D eigenvalue weighted by Crippen LogP contribution is 2.32. The highest BCUT2D eigenvalue weighted by atomic mass is 16.5. The highest BCUT2D eigenvalue weighted by Gasteiger charge is 2.32. The summed E-state index contributed by atoms with van der Waals surface area (Å²) >= 11 is 0. The van der Waals surface area contributed by atoms with E-state index < -0.39 is 0 Å². The van der Waals surface area contributed by atoms with Gasteiger partial charge in [0.15, 0.2) is 0 Å². The Morgan fingerprint density at radius 3 is 2.63 bits per heavy atom. The molecule has 1 unspecified atom stereocenters. The lowest BCUT2D eigenvalue weighted by Gasteiger charge is -2.29. The van der Waals surface area contributed by atoms with Gasteiger partial charge in [-0.15, -0.1) is 0 Å². The fourth-order valence-corrected chi connectivity index (χ4v) is 3.40. The molecule has 1 atom stereocenters. The first-order valence-corrected chi connectivity index (χ1v) is 8.77. The molecular weight excluding hydrogens is 342 g/mol. The number of nitrogens with zero attached hydrogens (tertiary/aromatic N) is 2. The summed E-state index contributed by atoms with van der Waals surface area (Å²) in [5.41, 5.74) is 3.02. The lowest BCUT2D eigenvalue weighted by molar-refractivity contribution is -0.120. The fraction of sp³-hybridized carbons (Fsp3) is 0.190. The Hall–Kier alpha value is -3.41. The van der Waals surface area contributed by atoms with Crippen LogP contribution in [0.3, 0.4) is 0 Å². The molecule has 2 heterocycles. The second kappa shape index (κ2) is 7.07. The molecule has 0 aliphatic carbocycles. The zero-order valence-electron chi connectivity index (χ0n) is 14.9. The van der Waals surface area contributed by atoms with E-state index in [1.165, 1.54) is 7.11 Å². The molecule has 1 fully saturated rings. The number of hydrogen-bond donors (Lipinski definition) is 1. The number of amides is 1. The zero-order chi connectivity index (χ0) is 18.8. The molecule has 4 rings (SSSR count). The molecule has 3 aromatic rings. The largest absolute Gasteiger partial charge is 0.465 e. The van der Waals surface area contributed by atoms with Gasteiger partial charge < -0.3 is 15.0 Å². The molecule has 6 heteroatoms. The van der Waals surface area contributed by atoms with Crippen LogP contribution in [0.25, 0.3) is 10.9 Å². The Labute approximate surface area is 156 Å². The van der Waals surface area contributed by atoms with Gasteiger partial charge in [-0.05, 0) is 42.8 Å². The second-order valence-corrected chi connectivity index (χ2v) is 6.39. The van der Waals surface area contributed by atoms with Gasteiger partial charge in [0.1, 0.15) is 6.04 Å². The van der Waals surface area contributed by atoms with Crippen LogP contribution in [0.2, 0.25) is 0 Å². The number of benzene rings is 2. The number of para-hydroxylation sites is 1. The number of rotatable bonds is 4. The third-order valence-electron chi connectivity index (χ3n) is 4.75. The van der Waals surface area contributed by atoms with Crippen LogP contribution >= 0.6 is 0 Å². The molecule has 0 spiro atoms. The quantitative estimate of drug-likeness (QED) is 0.723. The van der Waals surface area contributed by atoms with Gasteiger partial charge in [0.05, 0.1) is 30.1 Å². The van der Waals surface area contributed by atoms with Crippen LogP contribution in [0.5, 0.6) is 0 Å². The normalized spacial score (nSPS) is 16.2. The standard InChI is InChI=1S/C21H19N3O3/c1-27-21(26)14-6-8-16(9-7-14)24(19-10-11-22-20(19)25)17-12-15-4-2-3-5-18(15)23-13-17/h2-9,12-13,19H,10-11H2,1H3,(H,22,25). The molecule has 1 aliphatic rings. The van der Waals surface area contributed by atoms with Crippen molar-refractivity contribution in [1.29, 1.82) is 0 Å². The maximum atomic E-state index is 12.4. The average molecular weight is 361 g/mol. The molecule has 1 saturated heterocycles. The van der Waals surface area contributed by atoms with Crippen LogP contribution in [0.1, 0.15) is 16.8 Å². The number of methoxy groups -OCH3 is 1. The molecule has 0 bridgehead atoms. The van der Waals surface area contributed by atoms with E-state index in [4.69, 9.17) is 4.74 Å². The minimum atomic E-state index is -0.390. The molecule has 136 valence electrons. The van der Waals surface area contributed by atoms with Gasteiger partial charge in [-0.2, -0.15) is 0 Å². The summed E-state index contributed by atoms with van der Waals surface area (Å²) < 4.78 is 4.76. The van der Waals surface area contributed by atoms with Crippen LogP contribution in [0.15, 0.2) is 60.8 Å². The fourth-order valence-electron chi connectivity index (χ4n) is 3.40. The second-order valence-electron chi connectivity index (χ2n) is 6.39. The summed E-state index contributed by atoms with van der Waals surface area (Å²) in [6.45, 7) is 0.640. The van der Waals surface area contributed by atoms with Crippen LogP contribution in [-0.4, -0.2) is 36.6 Å². The molecule has 1 aromatic heterocycles. The summed E-state index contributed by atoms with van der Waals surface area (Å²) in [4.78, 5) is 30.6. The maximum absolute atomic E-state index is 12.4. The Morgan fingerprint density at radius 2 is 1.93 bits per heavy atom. The molecule has 6 nitrogen and oxygen atoms in total. The summed E-state index contributed by atoms with van der Waals surface area (Å²) in [6.07, 6.45) is 2.48. The summed E-state index contributed by atoms with van der Waals surface area (Å²) in [6, 6.07) is 16.6. The van der Waals surface area contributed by atoms with Crippen molar-refractivity contribution < 1.29 is 14.3 Å².